The van der Waals surface area contributed by atoms with Gasteiger partial charge in [0, 0.05) is 40.4 Å². The van der Waals surface area contributed by atoms with Crippen LogP contribution in [0.5, 0.6) is 11.5 Å². The van der Waals surface area contributed by atoms with Crippen LogP contribution in [0.15, 0.2) is 109 Å². The van der Waals surface area contributed by atoms with Crippen LogP contribution in [-0.2, 0) is 6.42 Å². The molecule has 224 valence electrons. The Hall–Kier alpha value is -5.23. The quantitative estimate of drug-likeness (QED) is 0.192. The van der Waals surface area contributed by atoms with E-state index in [1.807, 2.05) is 84.5 Å². The number of ether oxygens (including phenoxy) is 1. The van der Waals surface area contributed by atoms with E-state index in [0.717, 1.165) is 62.2 Å². The maximum atomic E-state index is 14.5. The molecule has 5 nitrogen and oxygen atoms in total. The maximum Gasteiger partial charge on any atom is 0.137 e. The largest absolute Gasteiger partial charge is 0.457 e. The summed E-state index contributed by atoms with van der Waals surface area (Å²) in [4.78, 5) is 4.75. The fraction of sp³-hybridized carbons (Fsp3) is 0.179. The minimum absolute atomic E-state index is 0.134. The van der Waals surface area contributed by atoms with Crippen LogP contribution in [0.2, 0.25) is 0 Å². The van der Waals surface area contributed by atoms with Crippen LogP contribution in [0.25, 0.3) is 44.4 Å². The number of rotatable bonds is 6. The van der Waals surface area contributed by atoms with Crippen LogP contribution in [0.1, 0.15) is 37.7 Å². The van der Waals surface area contributed by atoms with Gasteiger partial charge in [-0.05, 0) is 91.4 Å². The first kappa shape index (κ1) is 28.5. The number of halogens is 1. The van der Waals surface area contributed by atoms with Crippen LogP contribution in [0, 0.1) is 25.1 Å². The summed E-state index contributed by atoms with van der Waals surface area (Å²) >= 11 is 0. The molecule has 0 spiro atoms. The van der Waals surface area contributed by atoms with Crippen molar-refractivity contribution in [2.24, 2.45) is 5.41 Å². The molecular formula is C39H35FN4O. The number of nitrogens with zero attached hydrogens (tertiary/aromatic N) is 4. The van der Waals surface area contributed by atoms with Gasteiger partial charge in [0.05, 0.1) is 22.4 Å². The van der Waals surface area contributed by atoms with Gasteiger partial charge < -0.3 is 4.74 Å². The van der Waals surface area contributed by atoms with Gasteiger partial charge >= 0.3 is 0 Å². The van der Waals surface area contributed by atoms with Crippen LogP contribution in [-0.4, -0.2) is 19.3 Å². The molecule has 0 saturated heterocycles. The van der Waals surface area contributed by atoms with Crippen LogP contribution in [0.4, 0.5) is 4.39 Å². The normalized spacial score (nSPS) is 11.9. The first-order valence-electron chi connectivity index (χ1n) is 15.2. The summed E-state index contributed by atoms with van der Waals surface area (Å²) in [7, 11) is 0. The van der Waals surface area contributed by atoms with Gasteiger partial charge in [0.1, 0.15) is 23.1 Å². The van der Waals surface area contributed by atoms with E-state index in [4.69, 9.17) is 14.8 Å². The Balaban J connectivity index is 1.29. The second kappa shape index (κ2) is 11.0. The molecule has 7 aromatic rings. The molecule has 0 aliphatic heterocycles. The van der Waals surface area contributed by atoms with Crippen molar-refractivity contribution in [2.45, 2.75) is 41.0 Å². The topological polar surface area (TPSA) is 44.9 Å². The van der Waals surface area contributed by atoms with Crippen molar-refractivity contribution in [1.82, 2.24) is 19.3 Å². The van der Waals surface area contributed by atoms with Gasteiger partial charge in [-0.15, -0.1) is 0 Å². The van der Waals surface area contributed by atoms with E-state index in [1.165, 1.54) is 11.6 Å². The molecule has 0 aliphatic rings. The Kier molecular flexibility index (Phi) is 7.00. The summed E-state index contributed by atoms with van der Waals surface area (Å²) < 4.78 is 25.0. The third-order valence-electron chi connectivity index (χ3n) is 8.12. The van der Waals surface area contributed by atoms with Crippen molar-refractivity contribution in [2.75, 3.05) is 0 Å². The van der Waals surface area contributed by atoms with E-state index in [1.54, 1.807) is 6.07 Å². The molecule has 0 atom stereocenters. The van der Waals surface area contributed by atoms with Crippen molar-refractivity contribution < 1.29 is 9.13 Å². The SMILES string of the molecule is Cc1nn(-c2cccc(Oc3ccc4c5cc(F)ccc5n(-c5cc(CC(C)(C)C)ccn5)c4c3)c2)c(C)c1-c1ccccc1. The van der Waals surface area contributed by atoms with E-state index < -0.39 is 0 Å². The Morgan fingerprint density at radius 1 is 0.756 bits per heavy atom. The third kappa shape index (κ3) is 5.48. The number of fused-ring (bicyclic) bond motifs is 3. The highest BCUT2D eigenvalue weighted by Crippen LogP contribution is 2.36. The van der Waals surface area contributed by atoms with Crippen LogP contribution < -0.4 is 4.74 Å². The lowest BCUT2D eigenvalue weighted by Crippen LogP contribution is -2.10. The molecule has 3 heterocycles. The molecule has 0 saturated carbocycles. The molecular weight excluding hydrogens is 559 g/mol. The maximum absolute atomic E-state index is 14.5. The first-order chi connectivity index (χ1) is 21.6. The average Bonchev–Trinajstić information content (AvgIpc) is 3.49. The van der Waals surface area contributed by atoms with Gasteiger partial charge in [0.2, 0.25) is 0 Å². The van der Waals surface area contributed by atoms with Crippen LogP contribution >= 0.6 is 0 Å². The van der Waals surface area contributed by atoms with Gasteiger partial charge in [-0.1, -0.05) is 57.2 Å². The van der Waals surface area contributed by atoms with E-state index in [0.29, 0.717) is 11.5 Å². The summed E-state index contributed by atoms with van der Waals surface area (Å²) in [5.41, 5.74) is 8.36. The predicted octanol–water partition coefficient (Wildman–Crippen LogP) is 10.2. The van der Waals surface area contributed by atoms with Crippen molar-refractivity contribution in [3.63, 3.8) is 0 Å². The summed E-state index contributed by atoms with van der Waals surface area (Å²) in [6.45, 7) is 10.8. The summed E-state index contributed by atoms with van der Waals surface area (Å²) in [6.07, 6.45) is 2.77. The molecule has 0 aliphatic carbocycles. The molecule has 0 bridgehead atoms. The molecule has 45 heavy (non-hydrogen) atoms. The average molecular weight is 595 g/mol. The fourth-order valence-corrected chi connectivity index (χ4v) is 6.32. The van der Waals surface area contributed by atoms with Crippen molar-refractivity contribution >= 4 is 21.8 Å². The van der Waals surface area contributed by atoms with Gasteiger partial charge in [0.25, 0.3) is 0 Å². The van der Waals surface area contributed by atoms with E-state index in [9.17, 15) is 4.39 Å². The summed E-state index contributed by atoms with van der Waals surface area (Å²) in [5.74, 6) is 1.89. The zero-order chi connectivity index (χ0) is 31.3. The van der Waals surface area contributed by atoms with Gasteiger partial charge in [-0.25, -0.2) is 14.1 Å². The van der Waals surface area contributed by atoms with Gasteiger partial charge in [-0.2, -0.15) is 5.10 Å². The number of aryl methyl sites for hydroxylation is 1. The molecule has 0 unspecified atom stereocenters. The predicted molar refractivity (Wildman–Crippen MR) is 180 cm³/mol. The highest BCUT2D eigenvalue weighted by Gasteiger charge is 2.18. The van der Waals surface area contributed by atoms with Crippen molar-refractivity contribution in [3.05, 3.63) is 132 Å². The molecule has 0 N–H and O–H groups in total. The zero-order valence-corrected chi connectivity index (χ0v) is 26.2. The van der Waals surface area contributed by atoms with Gasteiger partial charge in [-0.3, -0.25) is 4.57 Å². The first-order valence-corrected chi connectivity index (χ1v) is 15.2. The minimum atomic E-state index is -0.271. The molecule has 6 heteroatoms. The lowest BCUT2D eigenvalue weighted by molar-refractivity contribution is 0.411. The third-order valence-corrected chi connectivity index (χ3v) is 8.12. The number of hydrogen-bond acceptors (Lipinski definition) is 3. The van der Waals surface area contributed by atoms with E-state index in [2.05, 4.69) is 56.5 Å². The van der Waals surface area contributed by atoms with Crippen LogP contribution in [0.3, 0.4) is 0 Å². The highest BCUT2D eigenvalue weighted by molar-refractivity contribution is 6.09. The molecule has 0 radical (unpaired) electrons. The van der Waals surface area contributed by atoms with Crippen molar-refractivity contribution in [1.29, 1.82) is 0 Å². The second-order valence-electron chi connectivity index (χ2n) is 12.9. The van der Waals surface area contributed by atoms with E-state index >= 15 is 0 Å². The lowest BCUT2D eigenvalue weighted by Gasteiger charge is -2.18. The molecule has 0 fully saturated rings. The summed E-state index contributed by atoms with van der Waals surface area (Å²) in [5, 5.41) is 6.64. The Bertz CT molecular complexity index is 2190. The van der Waals surface area contributed by atoms with Gasteiger partial charge in [0.15, 0.2) is 0 Å². The Morgan fingerprint density at radius 2 is 1.56 bits per heavy atom. The minimum Gasteiger partial charge on any atom is -0.457 e. The molecule has 4 aromatic carbocycles. The Labute approximate surface area is 262 Å². The smallest absolute Gasteiger partial charge is 0.137 e. The number of benzene rings is 4. The second-order valence-corrected chi connectivity index (χ2v) is 12.9. The Morgan fingerprint density at radius 3 is 2.36 bits per heavy atom. The number of pyridine rings is 1. The summed E-state index contributed by atoms with van der Waals surface area (Å²) in [6, 6.07) is 33.4. The molecule has 0 amide bonds. The molecule has 3 aromatic heterocycles. The lowest BCUT2D eigenvalue weighted by atomic mass is 9.88. The molecule has 7 rings (SSSR count). The standard InChI is InChI=1S/C39H35FN4O/c1-25-38(28-10-7-6-8-11-28)26(2)44(42-25)30-12-9-13-31(22-30)45-32-15-16-33-34-21-29(40)14-17-35(34)43(36(33)23-32)37-20-27(18-19-41-37)24-39(3,4)5/h6-23H,24H2,1-5H3. The number of aromatic nitrogens is 4. The number of hydrogen-bond donors (Lipinski definition) is 0. The zero-order valence-electron chi connectivity index (χ0n) is 26.2. The highest BCUT2D eigenvalue weighted by atomic mass is 19.1. The monoisotopic (exact) mass is 594 g/mol. The van der Waals surface area contributed by atoms with Crippen molar-refractivity contribution in [3.8, 4) is 34.1 Å². The van der Waals surface area contributed by atoms with E-state index in [-0.39, 0.29) is 11.2 Å². The fourth-order valence-electron chi connectivity index (χ4n) is 6.32.